The van der Waals surface area contributed by atoms with Gasteiger partial charge < -0.3 is 19.5 Å². The molecule has 3 aromatic carbocycles. The first kappa shape index (κ1) is 33.2. The number of aliphatic hydroxyl groups excluding tert-OH is 1. The van der Waals surface area contributed by atoms with Crippen molar-refractivity contribution in [2.75, 3.05) is 11.4 Å². The first-order valence-corrected chi connectivity index (χ1v) is 12.0. The van der Waals surface area contributed by atoms with Crippen LogP contribution < -0.4 is 14.4 Å². The first-order chi connectivity index (χ1) is 19.0. The van der Waals surface area contributed by atoms with Crippen molar-refractivity contribution in [2.24, 2.45) is 0 Å². The van der Waals surface area contributed by atoms with E-state index in [1.165, 1.54) is 41.3 Å². The molecule has 0 radical (unpaired) electrons. The number of aliphatic hydroxyl groups is 1. The third kappa shape index (κ3) is 7.73. The van der Waals surface area contributed by atoms with Gasteiger partial charge in [-0.3, -0.25) is 0 Å². The highest BCUT2D eigenvalue weighted by molar-refractivity contribution is 7.59. The lowest BCUT2D eigenvalue weighted by molar-refractivity contribution is -0.274. The number of anilines is 1. The van der Waals surface area contributed by atoms with E-state index in [4.69, 9.17) is 0 Å². The van der Waals surface area contributed by atoms with Crippen molar-refractivity contribution in [1.29, 1.82) is 0 Å². The second-order valence-electron chi connectivity index (χ2n) is 9.18. The van der Waals surface area contributed by atoms with Crippen molar-refractivity contribution in [3.05, 3.63) is 77.9 Å². The molecule has 0 aromatic heterocycles. The van der Waals surface area contributed by atoms with Gasteiger partial charge in [-0.15, -0.1) is 13.2 Å². The zero-order valence-electron chi connectivity index (χ0n) is 21.2. The number of halogens is 10. The summed E-state index contributed by atoms with van der Waals surface area (Å²) in [5.41, 5.74) is 1.49. The van der Waals surface area contributed by atoms with E-state index >= 15 is 0 Å². The number of benzene rings is 3. The summed E-state index contributed by atoms with van der Waals surface area (Å²) < 4.78 is 139. The predicted molar refractivity (Wildman–Crippen MR) is 137 cm³/mol. The van der Waals surface area contributed by atoms with E-state index in [1.807, 2.05) is 0 Å². The highest BCUT2D eigenvalue weighted by atomic mass is 32.1. The number of β-amino-alcohol motifs (C(OH)–C–C–N with tert-alkyl or cyclic N) is 1. The molecule has 42 heavy (non-hydrogen) atoms. The molecule has 0 saturated heterocycles. The molecule has 1 aliphatic heterocycles. The van der Waals surface area contributed by atoms with Crippen molar-refractivity contribution in [3.8, 4) is 22.6 Å². The molecule has 0 saturated carbocycles. The Balaban J connectivity index is 0.00000484. The van der Waals surface area contributed by atoms with Gasteiger partial charge in [-0.25, -0.2) is 0 Å². The molecule has 0 fully saturated rings. The Bertz CT molecular complexity index is 1370. The molecule has 4 rings (SSSR count). The Kier molecular flexibility index (Phi) is 9.87. The SMILES string of the molecule is O[C@@H](CN1c2cccc(-c3cccc(OC(F)(F)F)c3)c2CC[C@@H]1c1cccc(OC(F)(F)C(F)F)c1)C(F)(F)F.S. The van der Waals surface area contributed by atoms with Gasteiger partial charge in [0.25, 0.3) is 0 Å². The fourth-order valence-electron chi connectivity index (χ4n) is 4.69. The highest BCUT2D eigenvalue weighted by Crippen LogP contribution is 2.44. The fourth-order valence-corrected chi connectivity index (χ4v) is 4.69. The molecule has 0 spiro atoms. The summed E-state index contributed by atoms with van der Waals surface area (Å²) in [5, 5.41) is 9.93. The Morgan fingerprint density at radius 2 is 1.45 bits per heavy atom. The summed E-state index contributed by atoms with van der Waals surface area (Å²) >= 11 is 0. The van der Waals surface area contributed by atoms with Crippen molar-refractivity contribution in [1.82, 2.24) is 0 Å². The lowest BCUT2D eigenvalue weighted by Crippen LogP contribution is -2.44. The van der Waals surface area contributed by atoms with Crippen LogP contribution in [0.25, 0.3) is 11.1 Å². The van der Waals surface area contributed by atoms with Crippen molar-refractivity contribution in [2.45, 2.75) is 50.1 Å². The third-order valence-corrected chi connectivity index (χ3v) is 6.38. The molecule has 0 bridgehead atoms. The van der Waals surface area contributed by atoms with Crippen LogP contribution in [-0.2, 0) is 6.42 Å². The highest BCUT2D eigenvalue weighted by Gasteiger charge is 2.45. The van der Waals surface area contributed by atoms with Crippen molar-refractivity contribution < 1.29 is 58.5 Å². The average Bonchev–Trinajstić information content (AvgIpc) is 2.87. The van der Waals surface area contributed by atoms with E-state index in [0.717, 1.165) is 24.3 Å². The molecule has 230 valence electrons. The number of nitrogens with zero attached hydrogens (tertiary/aromatic N) is 1. The molecule has 3 aromatic rings. The third-order valence-electron chi connectivity index (χ3n) is 6.38. The van der Waals surface area contributed by atoms with Crippen LogP contribution in [0.15, 0.2) is 66.7 Å². The van der Waals surface area contributed by atoms with Gasteiger partial charge in [-0.05, 0) is 65.4 Å². The Hall–Kier alpha value is -3.33. The summed E-state index contributed by atoms with van der Waals surface area (Å²) in [7, 11) is 0. The minimum atomic E-state index is -5.02. The van der Waals surface area contributed by atoms with Gasteiger partial charge in [0.1, 0.15) is 11.5 Å². The summed E-state index contributed by atoms with van der Waals surface area (Å²) in [5.74, 6) is -1.16. The lowest BCUT2D eigenvalue weighted by Gasteiger charge is -2.41. The van der Waals surface area contributed by atoms with Gasteiger partial charge in [0.05, 0.1) is 12.6 Å². The molecule has 1 aliphatic rings. The monoisotopic (exact) mass is 631 g/mol. The summed E-state index contributed by atoms with van der Waals surface area (Å²) in [4.78, 5) is 1.20. The van der Waals surface area contributed by atoms with E-state index in [9.17, 15) is 49.0 Å². The number of hydrogen-bond donors (Lipinski definition) is 1. The Morgan fingerprint density at radius 1 is 0.833 bits per heavy atom. The molecule has 1 N–H and O–H groups in total. The molecular formula is C27H23F10NO3S. The van der Waals surface area contributed by atoms with Gasteiger partial charge in [0, 0.05) is 5.69 Å². The number of hydrogen-bond acceptors (Lipinski definition) is 4. The van der Waals surface area contributed by atoms with Crippen LogP contribution in [0.2, 0.25) is 0 Å². The number of alkyl halides is 10. The standard InChI is InChI=1S/C27H21F10NO3.H2S/c28-24(29)26(33,34)40-17-6-2-5-16(13-17)21-11-10-20-19(15-4-1-7-18(12-15)41-27(35,36)37)8-3-9-22(20)38(21)14-23(39)25(30,31)32;/h1-9,12-13,21,23-24,39H,10-11,14H2;1H2/t21-,23+;/m1./s1. The first-order valence-electron chi connectivity index (χ1n) is 12.0. The van der Waals surface area contributed by atoms with Crippen LogP contribution in [0.1, 0.15) is 23.6 Å². The topological polar surface area (TPSA) is 41.9 Å². The van der Waals surface area contributed by atoms with Gasteiger partial charge >= 0.3 is 25.1 Å². The molecular weight excluding hydrogens is 608 g/mol. The van der Waals surface area contributed by atoms with Gasteiger partial charge in [-0.2, -0.15) is 44.2 Å². The van der Waals surface area contributed by atoms with E-state index in [-0.39, 0.29) is 43.2 Å². The van der Waals surface area contributed by atoms with E-state index in [0.29, 0.717) is 11.1 Å². The van der Waals surface area contributed by atoms with Crippen LogP contribution in [0, 0.1) is 0 Å². The van der Waals surface area contributed by atoms with Gasteiger partial charge in [-0.1, -0.05) is 36.4 Å². The van der Waals surface area contributed by atoms with Gasteiger partial charge in [0.2, 0.25) is 0 Å². The molecule has 15 heteroatoms. The number of ether oxygens (including phenoxy) is 2. The maximum Gasteiger partial charge on any atom is 0.573 e. The number of rotatable bonds is 8. The van der Waals surface area contributed by atoms with Crippen LogP contribution in [-0.4, -0.2) is 42.8 Å². The second kappa shape index (κ2) is 12.5. The van der Waals surface area contributed by atoms with Crippen molar-refractivity contribution >= 4 is 19.2 Å². The molecule has 2 atom stereocenters. The number of fused-ring (bicyclic) bond motifs is 1. The molecule has 0 unspecified atom stereocenters. The summed E-state index contributed by atoms with van der Waals surface area (Å²) in [6.07, 6.45) is -21.5. The molecule has 1 heterocycles. The minimum absolute atomic E-state index is 0. The summed E-state index contributed by atoms with van der Waals surface area (Å²) in [6, 6.07) is 13.1. The zero-order valence-corrected chi connectivity index (χ0v) is 22.2. The molecule has 0 aliphatic carbocycles. The van der Waals surface area contributed by atoms with Crippen LogP contribution in [0.5, 0.6) is 11.5 Å². The van der Waals surface area contributed by atoms with Crippen molar-refractivity contribution in [3.63, 3.8) is 0 Å². The lowest BCUT2D eigenvalue weighted by atomic mass is 9.86. The van der Waals surface area contributed by atoms with Gasteiger partial charge in [0.15, 0.2) is 6.10 Å². The molecule has 4 nitrogen and oxygen atoms in total. The van der Waals surface area contributed by atoms with Crippen LogP contribution in [0.3, 0.4) is 0 Å². The zero-order chi connectivity index (χ0) is 30.2. The van der Waals surface area contributed by atoms with E-state index in [1.54, 1.807) is 6.07 Å². The predicted octanol–water partition coefficient (Wildman–Crippen LogP) is 8.02. The van der Waals surface area contributed by atoms with E-state index < -0.39 is 55.3 Å². The minimum Gasteiger partial charge on any atom is -0.428 e. The quantitative estimate of drug-likeness (QED) is 0.256. The average molecular weight is 632 g/mol. The Morgan fingerprint density at radius 3 is 2.07 bits per heavy atom. The largest absolute Gasteiger partial charge is 0.573 e. The second-order valence-corrected chi connectivity index (χ2v) is 9.18. The molecule has 0 amide bonds. The maximum atomic E-state index is 13.5. The van der Waals surface area contributed by atoms with Crippen LogP contribution >= 0.6 is 13.5 Å². The maximum absolute atomic E-state index is 13.5. The smallest absolute Gasteiger partial charge is 0.428 e. The normalized spacial score (nSPS) is 16.5. The fraction of sp³-hybridized carbons (Fsp3) is 0.333. The van der Waals surface area contributed by atoms with Crippen LogP contribution in [0.4, 0.5) is 49.6 Å². The Labute approximate surface area is 239 Å². The van der Waals surface area contributed by atoms with E-state index in [2.05, 4.69) is 9.47 Å². The summed E-state index contributed by atoms with van der Waals surface area (Å²) in [6.45, 7) is -0.986.